The zero-order valence-corrected chi connectivity index (χ0v) is 9.71. The molecule has 2 heteroatoms. The van der Waals surface area contributed by atoms with E-state index in [1.165, 1.54) is 31.9 Å². The van der Waals surface area contributed by atoms with Crippen molar-refractivity contribution in [3.8, 4) is 0 Å². The summed E-state index contributed by atoms with van der Waals surface area (Å²) in [4.78, 5) is 3.66. The molecule has 0 amide bonds. The van der Waals surface area contributed by atoms with Crippen LogP contribution in [0.3, 0.4) is 0 Å². The second-order valence-electron chi connectivity index (χ2n) is 3.19. The van der Waals surface area contributed by atoms with Crippen LogP contribution < -0.4 is 0 Å². The molecule has 14 heavy (non-hydrogen) atoms. The van der Waals surface area contributed by atoms with Gasteiger partial charge in [-0.1, -0.05) is 52.7 Å². The Hall–Kier alpha value is -1.05. The molecule has 0 aromatic heterocycles. The minimum atomic E-state index is -0.0481. The van der Waals surface area contributed by atoms with Crippen LogP contribution in [0, 0.1) is 0 Å². The van der Waals surface area contributed by atoms with Crippen LogP contribution in [0.4, 0.5) is 0 Å². The number of aliphatic hydroxyl groups is 1. The number of aliphatic imine (C=N–C) groups is 1. The summed E-state index contributed by atoms with van der Waals surface area (Å²) >= 11 is 0. The molecular formula is C12H23NO. The summed E-state index contributed by atoms with van der Waals surface area (Å²) in [5.74, 6) is -0.0481. The molecular weight excluding hydrogens is 174 g/mol. The molecule has 0 rings (SSSR count). The second kappa shape index (κ2) is 11.9. The van der Waals surface area contributed by atoms with Crippen molar-refractivity contribution in [2.75, 3.05) is 0 Å². The van der Waals surface area contributed by atoms with Crippen molar-refractivity contribution in [3.05, 3.63) is 24.6 Å². The van der Waals surface area contributed by atoms with Crippen LogP contribution in [0.25, 0.3) is 0 Å². The predicted octanol–water partition coefficient (Wildman–Crippen LogP) is 4.25. The molecule has 0 fully saturated rings. The lowest BCUT2D eigenvalue weighted by molar-refractivity contribution is 0.449. The van der Waals surface area contributed by atoms with E-state index in [1.807, 2.05) is 0 Å². The van der Waals surface area contributed by atoms with Gasteiger partial charge in [-0.3, -0.25) is 4.99 Å². The fourth-order valence-electron chi connectivity index (χ4n) is 0.685. The van der Waals surface area contributed by atoms with Crippen molar-refractivity contribution in [1.82, 2.24) is 0 Å². The maximum atomic E-state index is 8.42. The summed E-state index contributed by atoms with van der Waals surface area (Å²) in [6, 6.07) is 0. The van der Waals surface area contributed by atoms with Gasteiger partial charge in [0.1, 0.15) is 5.76 Å². The average molecular weight is 197 g/mol. The van der Waals surface area contributed by atoms with Crippen LogP contribution in [-0.2, 0) is 0 Å². The molecule has 0 heterocycles. The average Bonchev–Trinajstić information content (AvgIpc) is 2.12. The van der Waals surface area contributed by atoms with Crippen molar-refractivity contribution in [1.29, 1.82) is 0 Å². The monoisotopic (exact) mass is 197 g/mol. The number of rotatable bonds is 5. The van der Waals surface area contributed by atoms with Gasteiger partial charge in [-0.15, -0.1) is 0 Å². The number of unbranched alkanes of at least 4 members (excludes halogenated alkanes) is 3. The Morgan fingerprint density at radius 2 is 1.64 bits per heavy atom. The third kappa shape index (κ3) is 22.4. The van der Waals surface area contributed by atoms with Gasteiger partial charge in [-0.05, 0) is 6.92 Å². The first-order valence-electron chi connectivity index (χ1n) is 5.12. The maximum Gasteiger partial charge on any atom is 0.126 e. The van der Waals surface area contributed by atoms with E-state index in [9.17, 15) is 0 Å². The van der Waals surface area contributed by atoms with E-state index in [4.69, 9.17) is 5.11 Å². The van der Waals surface area contributed by atoms with Crippen molar-refractivity contribution in [2.45, 2.75) is 46.5 Å². The molecule has 1 N–H and O–H groups in total. The first-order chi connectivity index (χ1) is 6.54. The smallest absolute Gasteiger partial charge is 0.126 e. The van der Waals surface area contributed by atoms with Crippen LogP contribution in [0.1, 0.15) is 46.5 Å². The Bertz CT molecular complexity index is 163. The third-order valence-corrected chi connectivity index (χ3v) is 1.39. The highest BCUT2D eigenvalue weighted by atomic mass is 16.3. The standard InChI is InChI=1S/C6H9NO.C6H14/c1-5(2)7-4-6(3)8;1-3-5-6-4-2/h4,8H,1,3H2,2H3;3-6H2,1-2H3. The molecule has 0 aliphatic heterocycles. The van der Waals surface area contributed by atoms with Crippen LogP contribution in [0.5, 0.6) is 0 Å². The van der Waals surface area contributed by atoms with Gasteiger partial charge in [0.2, 0.25) is 0 Å². The summed E-state index contributed by atoms with van der Waals surface area (Å²) in [6.45, 7) is 12.9. The lowest BCUT2D eigenvalue weighted by atomic mass is 10.2. The quantitative estimate of drug-likeness (QED) is 0.399. The minimum Gasteiger partial charge on any atom is -0.507 e. The number of hydrogen-bond acceptors (Lipinski definition) is 2. The van der Waals surface area contributed by atoms with Gasteiger partial charge in [0, 0.05) is 5.70 Å². The highest BCUT2D eigenvalue weighted by molar-refractivity contribution is 5.75. The fraction of sp³-hybridized carbons (Fsp3) is 0.583. The molecule has 2 nitrogen and oxygen atoms in total. The van der Waals surface area contributed by atoms with E-state index in [0.717, 1.165) is 0 Å². The Morgan fingerprint density at radius 3 is 1.79 bits per heavy atom. The number of nitrogens with zero attached hydrogens (tertiary/aromatic N) is 1. The van der Waals surface area contributed by atoms with Crippen LogP contribution in [0.15, 0.2) is 29.6 Å². The molecule has 0 radical (unpaired) electrons. The predicted molar refractivity (Wildman–Crippen MR) is 64.9 cm³/mol. The van der Waals surface area contributed by atoms with E-state index in [-0.39, 0.29) is 5.76 Å². The maximum absolute atomic E-state index is 8.42. The summed E-state index contributed by atoms with van der Waals surface area (Å²) in [6.07, 6.45) is 6.79. The van der Waals surface area contributed by atoms with Crippen molar-refractivity contribution in [2.24, 2.45) is 4.99 Å². The summed E-state index contributed by atoms with van der Waals surface area (Å²) in [7, 11) is 0. The molecule has 0 unspecified atom stereocenters. The molecule has 0 aliphatic carbocycles. The molecule has 0 aromatic carbocycles. The Balaban J connectivity index is 0. The first-order valence-corrected chi connectivity index (χ1v) is 5.12. The van der Waals surface area contributed by atoms with E-state index in [1.54, 1.807) is 6.92 Å². The second-order valence-corrected chi connectivity index (χ2v) is 3.19. The Labute approximate surface area is 88.1 Å². The lowest BCUT2D eigenvalue weighted by Crippen LogP contribution is -1.76. The molecule has 0 atom stereocenters. The zero-order chi connectivity index (χ0) is 11.4. The van der Waals surface area contributed by atoms with Gasteiger partial charge in [0.05, 0.1) is 6.21 Å². The molecule has 0 aromatic rings. The molecule has 0 saturated heterocycles. The lowest BCUT2D eigenvalue weighted by Gasteiger charge is -1.86. The number of hydrogen-bond donors (Lipinski definition) is 1. The number of allylic oxidation sites excluding steroid dienone is 2. The fourth-order valence-corrected chi connectivity index (χ4v) is 0.685. The molecule has 0 aliphatic rings. The topological polar surface area (TPSA) is 32.6 Å². The van der Waals surface area contributed by atoms with Gasteiger partial charge in [-0.2, -0.15) is 0 Å². The third-order valence-electron chi connectivity index (χ3n) is 1.39. The van der Waals surface area contributed by atoms with E-state index >= 15 is 0 Å². The normalized spacial score (nSPS) is 9.36. The van der Waals surface area contributed by atoms with E-state index in [2.05, 4.69) is 32.0 Å². The highest BCUT2D eigenvalue weighted by Crippen LogP contribution is 1.95. The van der Waals surface area contributed by atoms with Gasteiger partial charge < -0.3 is 5.11 Å². The van der Waals surface area contributed by atoms with Crippen LogP contribution in [0.2, 0.25) is 0 Å². The Morgan fingerprint density at radius 1 is 1.21 bits per heavy atom. The van der Waals surface area contributed by atoms with Crippen molar-refractivity contribution in [3.63, 3.8) is 0 Å². The largest absolute Gasteiger partial charge is 0.507 e. The molecule has 0 spiro atoms. The van der Waals surface area contributed by atoms with Gasteiger partial charge in [0.25, 0.3) is 0 Å². The number of aliphatic hydroxyl groups excluding tert-OH is 1. The van der Waals surface area contributed by atoms with Gasteiger partial charge in [-0.25, -0.2) is 0 Å². The molecule has 0 saturated carbocycles. The van der Waals surface area contributed by atoms with Crippen LogP contribution in [-0.4, -0.2) is 11.3 Å². The minimum absolute atomic E-state index is 0.0481. The molecule has 0 bridgehead atoms. The van der Waals surface area contributed by atoms with Gasteiger partial charge >= 0.3 is 0 Å². The van der Waals surface area contributed by atoms with Gasteiger partial charge in [0.15, 0.2) is 0 Å². The summed E-state index contributed by atoms with van der Waals surface area (Å²) in [5, 5.41) is 8.42. The zero-order valence-electron chi connectivity index (χ0n) is 9.71. The highest BCUT2D eigenvalue weighted by Gasteiger charge is 1.76. The summed E-state index contributed by atoms with van der Waals surface area (Å²) in [5.41, 5.74) is 0.653. The first kappa shape index (κ1) is 15.4. The van der Waals surface area contributed by atoms with Crippen molar-refractivity contribution < 1.29 is 5.11 Å². The van der Waals surface area contributed by atoms with Crippen molar-refractivity contribution >= 4 is 6.21 Å². The van der Waals surface area contributed by atoms with E-state index in [0.29, 0.717) is 5.70 Å². The molecule has 82 valence electrons. The Kier molecular flexibility index (Phi) is 13.2. The van der Waals surface area contributed by atoms with E-state index < -0.39 is 0 Å². The van der Waals surface area contributed by atoms with Crippen LogP contribution >= 0.6 is 0 Å². The summed E-state index contributed by atoms with van der Waals surface area (Å²) < 4.78 is 0. The SMILES string of the molecule is C=C(O)C=NC(=C)C.CCCCCC.